The van der Waals surface area contributed by atoms with Crippen molar-refractivity contribution in [2.24, 2.45) is 5.73 Å². The Morgan fingerprint density at radius 1 is 1.19 bits per heavy atom. The van der Waals surface area contributed by atoms with E-state index >= 15 is 0 Å². The van der Waals surface area contributed by atoms with Gasteiger partial charge in [0.15, 0.2) is 0 Å². The van der Waals surface area contributed by atoms with Crippen molar-refractivity contribution in [3.63, 3.8) is 0 Å². The summed E-state index contributed by atoms with van der Waals surface area (Å²) in [6.07, 6.45) is 0.678. The van der Waals surface area contributed by atoms with Crippen molar-refractivity contribution in [3.8, 4) is 0 Å². The molecule has 0 saturated carbocycles. The molecule has 0 radical (unpaired) electrons. The third kappa shape index (κ3) is 3.08. The first-order valence-corrected chi connectivity index (χ1v) is 6.06. The van der Waals surface area contributed by atoms with E-state index in [2.05, 4.69) is 10.2 Å². The molecule has 2 rings (SSSR count). The van der Waals surface area contributed by atoms with Crippen LogP contribution in [0, 0.1) is 0 Å². The normalized spacial score (nSPS) is 10.6. The van der Waals surface area contributed by atoms with Crippen LogP contribution in [0.25, 0.3) is 0 Å². The van der Waals surface area contributed by atoms with E-state index in [0.29, 0.717) is 24.1 Å². The highest BCUT2D eigenvalue weighted by atomic mass is 32.2. The molecule has 0 spiro atoms. The van der Waals surface area contributed by atoms with E-state index in [4.69, 9.17) is 10.2 Å². The van der Waals surface area contributed by atoms with E-state index in [9.17, 15) is 0 Å². The van der Waals surface area contributed by atoms with Crippen molar-refractivity contribution in [2.75, 3.05) is 12.3 Å². The first kappa shape index (κ1) is 11.2. The summed E-state index contributed by atoms with van der Waals surface area (Å²) in [7, 11) is 0. The maximum Gasteiger partial charge on any atom is 0.276 e. The molecule has 0 aliphatic carbocycles. The van der Waals surface area contributed by atoms with E-state index in [1.807, 2.05) is 30.3 Å². The van der Waals surface area contributed by atoms with Gasteiger partial charge in [0, 0.05) is 12.3 Å². The van der Waals surface area contributed by atoms with Crippen LogP contribution in [-0.2, 0) is 6.42 Å². The zero-order chi connectivity index (χ0) is 11.2. The largest absolute Gasteiger partial charge is 0.416 e. The molecule has 2 N–H and O–H groups in total. The van der Waals surface area contributed by atoms with Gasteiger partial charge in [-0.05, 0) is 5.56 Å². The van der Waals surface area contributed by atoms with Gasteiger partial charge >= 0.3 is 0 Å². The van der Waals surface area contributed by atoms with Gasteiger partial charge in [0.05, 0.1) is 6.42 Å². The van der Waals surface area contributed by atoms with Crippen molar-refractivity contribution >= 4 is 11.8 Å². The van der Waals surface area contributed by atoms with Gasteiger partial charge in [-0.1, -0.05) is 42.1 Å². The molecule has 0 aliphatic heterocycles. The molecule has 0 atom stereocenters. The summed E-state index contributed by atoms with van der Waals surface area (Å²) in [5.74, 6) is 1.44. The molecular formula is C11H13N3OS. The number of hydrogen-bond acceptors (Lipinski definition) is 5. The summed E-state index contributed by atoms with van der Waals surface area (Å²) in [4.78, 5) is 0. The summed E-state index contributed by atoms with van der Waals surface area (Å²) in [6, 6.07) is 10.1. The Hall–Kier alpha value is -1.33. The van der Waals surface area contributed by atoms with Crippen molar-refractivity contribution in [3.05, 3.63) is 41.8 Å². The summed E-state index contributed by atoms with van der Waals surface area (Å²) < 4.78 is 5.47. The third-order valence-corrected chi connectivity index (χ3v) is 2.84. The second kappa shape index (κ2) is 5.67. The van der Waals surface area contributed by atoms with Gasteiger partial charge in [-0.15, -0.1) is 10.2 Å². The Bertz CT molecular complexity index is 430. The van der Waals surface area contributed by atoms with Crippen LogP contribution in [-0.4, -0.2) is 22.5 Å². The van der Waals surface area contributed by atoms with E-state index in [0.717, 1.165) is 5.75 Å². The van der Waals surface area contributed by atoms with Crippen LogP contribution in [0.5, 0.6) is 0 Å². The van der Waals surface area contributed by atoms with E-state index in [1.54, 1.807) is 0 Å². The van der Waals surface area contributed by atoms with Gasteiger partial charge in [0.2, 0.25) is 5.89 Å². The average molecular weight is 235 g/mol. The minimum absolute atomic E-state index is 0.594. The zero-order valence-electron chi connectivity index (χ0n) is 8.80. The Morgan fingerprint density at radius 3 is 2.75 bits per heavy atom. The van der Waals surface area contributed by atoms with Gasteiger partial charge in [0.1, 0.15) is 0 Å². The highest BCUT2D eigenvalue weighted by Gasteiger charge is 2.06. The Morgan fingerprint density at radius 2 is 2.00 bits per heavy atom. The van der Waals surface area contributed by atoms with Crippen molar-refractivity contribution < 1.29 is 4.42 Å². The zero-order valence-corrected chi connectivity index (χ0v) is 9.61. The number of thioether (sulfide) groups is 1. The average Bonchev–Trinajstić information content (AvgIpc) is 2.75. The Labute approximate surface area is 98.2 Å². The molecule has 0 bridgehead atoms. The molecule has 0 amide bonds. The lowest BCUT2D eigenvalue weighted by atomic mass is 10.2. The molecule has 5 heteroatoms. The molecule has 0 saturated heterocycles. The van der Waals surface area contributed by atoms with Crippen LogP contribution in [0.15, 0.2) is 40.0 Å². The minimum Gasteiger partial charge on any atom is -0.416 e. The maximum atomic E-state index is 5.47. The monoisotopic (exact) mass is 235 g/mol. The molecule has 1 aromatic carbocycles. The maximum absolute atomic E-state index is 5.47. The van der Waals surface area contributed by atoms with Crippen LogP contribution in [0.3, 0.4) is 0 Å². The molecule has 0 aliphatic rings. The number of aromatic nitrogens is 2. The van der Waals surface area contributed by atoms with Gasteiger partial charge in [-0.2, -0.15) is 0 Å². The lowest BCUT2D eigenvalue weighted by molar-refractivity contribution is 0.420. The van der Waals surface area contributed by atoms with Crippen LogP contribution in [0.2, 0.25) is 0 Å². The predicted molar refractivity (Wildman–Crippen MR) is 63.3 cm³/mol. The molecule has 4 nitrogen and oxygen atoms in total. The van der Waals surface area contributed by atoms with E-state index in [1.165, 1.54) is 17.3 Å². The minimum atomic E-state index is 0.594. The van der Waals surface area contributed by atoms with E-state index in [-0.39, 0.29) is 0 Å². The molecular weight excluding hydrogens is 222 g/mol. The molecule has 2 aromatic rings. The van der Waals surface area contributed by atoms with Crippen LogP contribution in [0.4, 0.5) is 0 Å². The van der Waals surface area contributed by atoms with Crippen LogP contribution in [0.1, 0.15) is 11.5 Å². The Kier molecular flexibility index (Phi) is 3.96. The smallest absolute Gasteiger partial charge is 0.276 e. The summed E-state index contributed by atoms with van der Waals surface area (Å²) in [6.45, 7) is 0.612. The fourth-order valence-corrected chi connectivity index (χ4v) is 1.83. The Balaban J connectivity index is 1.97. The molecule has 0 unspecified atom stereocenters. The van der Waals surface area contributed by atoms with Crippen molar-refractivity contribution in [1.29, 1.82) is 0 Å². The third-order valence-electron chi connectivity index (χ3n) is 1.99. The molecule has 0 fully saturated rings. The summed E-state index contributed by atoms with van der Waals surface area (Å²) in [5.41, 5.74) is 6.56. The fourth-order valence-electron chi connectivity index (χ4n) is 1.28. The fraction of sp³-hybridized carbons (Fsp3) is 0.273. The summed E-state index contributed by atoms with van der Waals surface area (Å²) >= 11 is 1.49. The number of rotatable bonds is 5. The predicted octanol–water partition coefficient (Wildman–Crippen LogP) is 1.71. The first-order chi connectivity index (χ1) is 7.88. The van der Waals surface area contributed by atoms with E-state index < -0.39 is 0 Å². The van der Waals surface area contributed by atoms with Crippen molar-refractivity contribution in [1.82, 2.24) is 10.2 Å². The standard InChI is InChI=1S/C11H13N3OS/c12-6-7-16-11-14-13-10(15-11)8-9-4-2-1-3-5-9/h1-5H,6-8,12H2. The second-order valence-corrected chi connectivity index (χ2v) is 4.31. The summed E-state index contributed by atoms with van der Waals surface area (Å²) in [5, 5.41) is 8.52. The molecule has 84 valence electrons. The quantitative estimate of drug-likeness (QED) is 0.799. The van der Waals surface area contributed by atoms with Crippen LogP contribution >= 0.6 is 11.8 Å². The molecule has 1 heterocycles. The number of benzene rings is 1. The number of nitrogens with two attached hydrogens (primary N) is 1. The number of nitrogens with zero attached hydrogens (tertiary/aromatic N) is 2. The molecule has 1 aromatic heterocycles. The van der Waals surface area contributed by atoms with Crippen LogP contribution < -0.4 is 5.73 Å². The second-order valence-electron chi connectivity index (χ2n) is 3.26. The SMILES string of the molecule is NCCSc1nnc(Cc2ccccc2)o1. The first-order valence-electron chi connectivity index (χ1n) is 5.07. The van der Waals surface area contributed by atoms with Gasteiger partial charge in [-0.3, -0.25) is 0 Å². The highest BCUT2D eigenvalue weighted by molar-refractivity contribution is 7.99. The van der Waals surface area contributed by atoms with Crippen molar-refractivity contribution in [2.45, 2.75) is 11.6 Å². The van der Waals surface area contributed by atoms with Gasteiger partial charge < -0.3 is 10.2 Å². The van der Waals surface area contributed by atoms with Gasteiger partial charge in [-0.25, -0.2) is 0 Å². The molecule has 16 heavy (non-hydrogen) atoms. The highest BCUT2D eigenvalue weighted by Crippen LogP contribution is 2.16. The lowest BCUT2D eigenvalue weighted by Crippen LogP contribution is -2.00. The lowest BCUT2D eigenvalue weighted by Gasteiger charge is -1.94. The topological polar surface area (TPSA) is 64.9 Å². The van der Waals surface area contributed by atoms with Gasteiger partial charge in [0.25, 0.3) is 5.22 Å². The number of hydrogen-bond donors (Lipinski definition) is 1.